The zero-order valence-electron chi connectivity index (χ0n) is 32.5. The second-order valence-electron chi connectivity index (χ2n) is 14.0. The number of esters is 1. The maximum Gasteiger partial charge on any atom is 0.417 e. The van der Waals surface area contributed by atoms with E-state index in [1.54, 1.807) is 79.7 Å². The third kappa shape index (κ3) is 11.9. The van der Waals surface area contributed by atoms with Crippen LogP contribution in [0.3, 0.4) is 0 Å². The van der Waals surface area contributed by atoms with Gasteiger partial charge in [0.25, 0.3) is 0 Å². The number of aryl methyl sites for hydroxylation is 1. The van der Waals surface area contributed by atoms with Crippen molar-refractivity contribution in [1.82, 2.24) is 4.90 Å². The van der Waals surface area contributed by atoms with Crippen LogP contribution in [0.2, 0.25) is 0 Å². The van der Waals surface area contributed by atoms with Crippen molar-refractivity contribution in [3.8, 4) is 0 Å². The summed E-state index contributed by atoms with van der Waals surface area (Å²) in [5, 5.41) is 9.78. The number of benzene rings is 4. The minimum absolute atomic E-state index is 0.00430. The largest absolute Gasteiger partial charge is 0.453 e. The first kappa shape index (κ1) is 42.4. The lowest BCUT2D eigenvalue weighted by molar-refractivity contribution is -0.158. The van der Waals surface area contributed by atoms with Crippen LogP contribution in [-0.4, -0.2) is 77.6 Å². The number of amides is 2. The van der Waals surface area contributed by atoms with E-state index in [0.29, 0.717) is 29.7 Å². The molecule has 0 unspecified atom stereocenters. The first-order valence-electron chi connectivity index (χ1n) is 19.0. The van der Waals surface area contributed by atoms with Crippen LogP contribution < -0.4 is 0 Å². The molecular formula is C46H49NO10. The molecule has 0 radical (unpaired) electrons. The Kier molecular flexibility index (Phi) is 15.6. The summed E-state index contributed by atoms with van der Waals surface area (Å²) in [6.07, 6.45) is -2.50. The zero-order valence-corrected chi connectivity index (χ0v) is 32.5. The molecule has 2 amide bonds. The van der Waals surface area contributed by atoms with Gasteiger partial charge in [-0.1, -0.05) is 121 Å². The van der Waals surface area contributed by atoms with Gasteiger partial charge in [0, 0.05) is 25.5 Å². The zero-order chi connectivity index (χ0) is 40.7. The van der Waals surface area contributed by atoms with Crippen LogP contribution in [0.15, 0.2) is 121 Å². The number of allylic oxidation sites excluding steroid dienone is 1. The fourth-order valence-corrected chi connectivity index (χ4v) is 6.72. The minimum atomic E-state index is -1.69. The molecule has 1 aliphatic rings. The quantitative estimate of drug-likeness (QED) is 0.0579. The Morgan fingerprint density at radius 1 is 0.877 bits per heavy atom. The lowest BCUT2D eigenvalue weighted by Gasteiger charge is -2.29. The summed E-state index contributed by atoms with van der Waals surface area (Å²) in [4.78, 5) is 69.9. The van der Waals surface area contributed by atoms with Gasteiger partial charge in [-0.05, 0) is 55.0 Å². The number of cyclic esters (lactones) is 1. The van der Waals surface area contributed by atoms with E-state index in [1.165, 1.54) is 0 Å². The second kappa shape index (κ2) is 21.0. The Morgan fingerprint density at radius 2 is 1.53 bits per heavy atom. The number of rotatable bonds is 20. The summed E-state index contributed by atoms with van der Waals surface area (Å²) in [5.41, 5.74) is 3.70. The highest BCUT2D eigenvalue weighted by molar-refractivity contribution is 6.25. The van der Waals surface area contributed by atoms with Gasteiger partial charge in [0.05, 0.1) is 31.8 Å². The molecule has 1 heterocycles. The number of carbonyl (C=O) groups excluding carboxylic acids is 5. The van der Waals surface area contributed by atoms with Crippen LogP contribution >= 0.6 is 0 Å². The van der Waals surface area contributed by atoms with Crippen LogP contribution in [0.1, 0.15) is 60.6 Å². The molecule has 298 valence electrons. The van der Waals surface area contributed by atoms with E-state index in [2.05, 4.69) is 0 Å². The number of ketones is 2. The fourth-order valence-electron chi connectivity index (χ4n) is 6.72. The highest BCUT2D eigenvalue weighted by atomic mass is 16.6. The Balaban J connectivity index is 1.37. The number of carbonyl (C=O) groups is 5. The molecule has 4 aromatic rings. The minimum Gasteiger partial charge on any atom is -0.453 e. The van der Waals surface area contributed by atoms with Crippen molar-refractivity contribution in [2.45, 2.75) is 71.0 Å². The summed E-state index contributed by atoms with van der Waals surface area (Å²) < 4.78 is 22.8. The Bertz CT molecular complexity index is 2000. The molecule has 0 bridgehead atoms. The third-order valence-electron chi connectivity index (χ3n) is 9.63. The van der Waals surface area contributed by atoms with Crippen LogP contribution in [0.4, 0.5) is 4.79 Å². The monoisotopic (exact) mass is 775 g/mol. The molecule has 1 saturated heterocycles. The van der Waals surface area contributed by atoms with Crippen LogP contribution in [0, 0.1) is 12.8 Å². The fraction of sp³-hybridized carbons (Fsp3) is 0.326. The van der Waals surface area contributed by atoms with Gasteiger partial charge in [-0.15, -0.1) is 0 Å². The van der Waals surface area contributed by atoms with E-state index in [-0.39, 0.29) is 44.0 Å². The van der Waals surface area contributed by atoms with E-state index in [1.807, 2.05) is 49.4 Å². The van der Waals surface area contributed by atoms with Gasteiger partial charge < -0.3 is 24.1 Å². The normalized spacial score (nSPS) is 17.0. The van der Waals surface area contributed by atoms with Crippen LogP contribution in [0.25, 0.3) is 5.57 Å². The molecule has 1 fully saturated rings. The molecule has 5 atom stereocenters. The number of Topliss-reactive ketones (excluding diaryl/α,β-unsaturated/α-hetero) is 1. The Labute approximate surface area is 333 Å². The molecule has 57 heavy (non-hydrogen) atoms. The molecule has 5 rings (SSSR count). The van der Waals surface area contributed by atoms with Crippen molar-refractivity contribution >= 4 is 35.1 Å². The van der Waals surface area contributed by atoms with Crippen molar-refractivity contribution in [3.63, 3.8) is 0 Å². The van der Waals surface area contributed by atoms with Gasteiger partial charge in [-0.25, -0.2) is 9.69 Å². The highest BCUT2D eigenvalue weighted by Gasteiger charge is 2.48. The molecule has 11 nitrogen and oxygen atoms in total. The molecule has 0 saturated carbocycles. The van der Waals surface area contributed by atoms with E-state index in [4.69, 9.17) is 18.9 Å². The Morgan fingerprint density at radius 3 is 2.16 bits per heavy atom. The molecule has 4 aromatic carbocycles. The molecule has 0 aromatic heterocycles. The van der Waals surface area contributed by atoms with Crippen LogP contribution in [-0.2, 0) is 51.2 Å². The molecule has 1 aliphatic heterocycles. The van der Waals surface area contributed by atoms with Crippen molar-refractivity contribution in [3.05, 3.63) is 149 Å². The first-order valence-corrected chi connectivity index (χ1v) is 19.0. The Hall–Kier alpha value is -5.75. The van der Waals surface area contributed by atoms with E-state index in [0.717, 1.165) is 29.0 Å². The number of aliphatic hydroxyl groups excluding tert-OH is 1. The maximum atomic E-state index is 14.6. The summed E-state index contributed by atoms with van der Waals surface area (Å²) in [5.74, 6) is -4.08. The number of hydrogen-bond donors (Lipinski definition) is 1. The van der Waals surface area contributed by atoms with Gasteiger partial charge in [0.2, 0.25) is 5.91 Å². The summed E-state index contributed by atoms with van der Waals surface area (Å²) in [6, 6.07) is 33.8. The predicted molar refractivity (Wildman–Crippen MR) is 212 cm³/mol. The number of aliphatic hydroxyl groups is 1. The van der Waals surface area contributed by atoms with Crippen molar-refractivity contribution < 1.29 is 48.0 Å². The average molecular weight is 776 g/mol. The SMILES string of the molecule is CC(=O)O[C@H](C(=O)C=C(C(=O)CCCOC[C@@H](CO)OCc1ccccc1)c1cccc(C)c1)[C@H](Cc1ccccc1)C(=O)N1C(=O)O[C@H](c2ccccc2)[C@@H]1C. The lowest BCUT2D eigenvalue weighted by atomic mass is 9.87. The van der Waals surface area contributed by atoms with Crippen molar-refractivity contribution in [1.29, 1.82) is 0 Å². The van der Waals surface area contributed by atoms with Crippen molar-refractivity contribution in [2.75, 3.05) is 19.8 Å². The number of hydrogen-bond acceptors (Lipinski definition) is 10. The van der Waals surface area contributed by atoms with E-state index < -0.39 is 54.0 Å². The predicted octanol–water partition coefficient (Wildman–Crippen LogP) is 6.79. The van der Waals surface area contributed by atoms with Gasteiger partial charge in [0.15, 0.2) is 17.7 Å². The maximum absolute atomic E-state index is 14.6. The first-order chi connectivity index (χ1) is 27.5. The van der Waals surface area contributed by atoms with E-state index >= 15 is 0 Å². The smallest absolute Gasteiger partial charge is 0.417 e. The average Bonchev–Trinajstić information content (AvgIpc) is 3.52. The highest BCUT2D eigenvalue weighted by Crippen LogP contribution is 2.35. The second-order valence-corrected chi connectivity index (χ2v) is 14.0. The van der Waals surface area contributed by atoms with Gasteiger partial charge in [0.1, 0.15) is 12.2 Å². The van der Waals surface area contributed by atoms with Gasteiger partial charge in [-0.2, -0.15) is 0 Å². The molecule has 0 aliphatic carbocycles. The van der Waals surface area contributed by atoms with Gasteiger partial charge >= 0.3 is 12.1 Å². The lowest BCUT2D eigenvalue weighted by Crippen LogP contribution is -2.49. The number of ether oxygens (including phenoxy) is 4. The molecule has 11 heteroatoms. The van der Waals surface area contributed by atoms with Crippen molar-refractivity contribution in [2.24, 2.45) is 5.92 Å². The third-order valence-corrected chi connectivity index (χ3v) is 9.63. The topological polar surface area (TPSA) is 146 Å². The number of imide groups is 1. The van der Waals surface area contributed by atoms with Crippen LogP contribution in [0.5, 0.6) is 0 Å². The summed E-state index contributed by atoms with van der Waals surface area (Å²) in [7, 11) is 0. The van der Waals surface area contributed by atoms with E-state index in [9.17, 15) is 29.1 Å². The number of nitrogens with zero attached hydrogens (tertiary/aromatic N) is 1. The standard InChI is InChI=1S/C46H49NO10/c1-31-15-13-22-37(25-31)39(41(50)23-14-24-54-30-38(28-48)55-29-35-18-9-5-10-19-35)27-42(51)44(56-33(3)49)40(26-34-16-7-4-8-17-34)45(52)47-32(2)43(57-46(47)53)36-20-11-6-12-21-36/h4-13,15-22,25,27,32,38,40,43-44,48H,14,23-24,26,28-30H2,1-3H3/t32-,38+,40-,43-,44-/m0/s1. The summed E-state index contributed by atoms with van der Waals surface area (Å²) in [6.45, 7) is 5.05. The molecule has 1 N–H and O–H groups in total. The molecule has 0 spiro atoms. The summed E-state index contributed by atoms with van der Waals surface area (Å²) >= 11 is 0. The molecular weight excluding hydrogens is 727 g/mol. The van der Waals surface area contributed by atoms with Gasteiger partial charge in [-0.3, -0.25) is 19.2 Å².